The van der Waals surface area contributed by atoms with E-state index in [4.69, 9.17) is 10.5 Å². The average Bonchev–Trinajstić information content (AvgIpc) is 2.66. The van der Waals surface area contributed by atoms with Gasteiger partial charge in [0.1, 0.15) is 15.2 Å². The van der Waals surface area contributed by atoms with E-state index in [1.807, 2.05) is 12.1 Å². The maximum Gasteiger partial charge on any atom is 0.250 e. The van der Waals surface area contributed by atoms with Crippen molar-refractivity contribution >= 4 is 21.4 Å². The second-order valence-electron chi connectivity index (χ2n) is 2.54. The van der Waals surface area contributed by atoms with Crippen molar-refractivity contribution in [1.82, 2.24) is 4.72 Å². The maximum absolute atomic E-state index is 11.5. The Morgan fingerprint density at radius 1 is 1.40 bits per heavy atom. The number of thiophene rings is 1. The summed E-state index contributed by atoms with van der Waals surface area (Å²) < 4.78 is 25.4. The lowest BCUT2D eigenvalue weighted by Crippen LogP contribution is -2.23. The normalized spacial score (nSPS) is 10.5. The van der Waals surface area contributed by atoms with E-state index >= 15 is 0 Å². The highest BCUT2D eigenvalue weighted by Crippen LogP contribution is 2.20. The maximum atomic E-state index is 11.5. The van der Waals surface area contributed by atoms with E-state index in [0.717, 1.165) is 11.3 Å². The van der Waals surface area contributed by atoms with E-state index in [1.165, 1.54) is 12.1 Å². The molecule has 0 aliphatic rings. The molecule has 78 valence electrons. The summed E-state index contributed by atoms with van der Waals surface area (Å²) in [5, 5.41) is 16.8. The molecule has 15 heavy (non-hydrogen) atoms. The Morgan fingerprint density at radius 2 is 2.13 bits per heavy atom. The molecule has 0 spiro atoms. The summed E-state index contributed by atoms with van der Waals surface area (Å²) >= 11 is 0.903. The Morgan fingerprint density at radius 3 is 2.67 bits per heavy atom. The number of nitrogens with one attached hydrogen (secondary N) is 1. The standard InChI is InChI=1S/C8H7N3O2S2/c9-4-1-5-11-15(12,13)8-3-2-7(6-10)14-8/h2-3,11H,1,5H2. The van der Waals surface area contributed by atoms with Crippen molar-refractivity contribution < 1.29 is 8.42 Å². The third-order valence-corrected chi connectivity index (χ3v) is 4.43. The van der Waals surface area contributed by atoms with Gasteiger partial charge < -0.3 is 0 Å². The highest BCUT2D eigenvalue weighted by molar-refractivity contribution is 7.91. The van der Waals surface area contributed by atoms with E-state index in [-0.39, 0.29) is 17.2 Å². The molecule has 0 saturated heterocycles. The van der Waals surface area contributed by atoms with Gasteiger partial charge in [-0.2, -0.15) is 10.5 Å². The molecule has 0 aliphatic heterocycles. The molecule has 0 radical (unpaired) electrons. The van der Waals surface area contributed by atoms with Crippen LogP contribution in [-0.4, -0.2) is 15.0 Å². The van der Waals surface area contributed by atoms with Gasteiger partial charge in [0, 0.05) is 13.0 Å². The van der Waals surface area contributed by atoms with Gasteiger partial charge in [-0.25, -0.2) is 13.1 Å². The van der Waals surface area contributed by atoms with Gasteiger partial charge in [-0.05, 0) is 12.1 Å². The fourth-order valence-corrected chi connectivity index (χ4v) is 3.02. The molecule has 1 heterocycles. The van der Waals surface area contributed by atoms with Crippen molar-refractivity contribution in [2.75, 3.05) is 6.54 Å². The predicted molar refractivity (Wildman–Crippen MR) is 54.5 cm³/mol. The lowest BCUT2D eigenvalue weighted by molar-refractivity contribution is 0.584. The van der Waals surface area contributed by atoms with Crippen LogP contribution < -0.4 is 4.72 Å². The van der Waals surface area contributed by atoms with Gasteiger partial charge in [0.25, 0.3) is 0 Å². The second kappa shape index (κ2) is 4.89. The van der Waals surface area contributed by atoms with Crippen molar-refractivity contribution in [2.45, 2.75) is 10.6 Å². The molecule has 0 amide bonds. The molecule has 1 N–H and O–H groups in total. The zero-order valence-electron chi connectivity index (χ0n) is 7.60. The van der Waals surface area contributed by atoms with Gasteiger partial charge in [0.2, 0.25) is 10.0 Å². The zero-order valence-corrected chi connectivity index (χ0v) is 9.23. The molecule has 0 unspecified atom stereocenters. The van der Waals surface area contributed by atoms with Crippen LogP contribution in [-0.2, 0) is 10.0 Å². The van der Waals surface area contributed by atoms with Crippen LogP contribution in [0.4, 0.5) is 0 Å². The molecule has 0 atom stereocenters. The highest BCUT2D eigenvalue weighted by atomic mass is 32.2. The lowest BCUT2D eigenvalue weighted by Gasteiger charge is -2.00. The topological polar surface area (TPSA) is 93.8 Å². The molecule has 0 aromatic carbocycles. The molecule has 5 nitrogen and oxygen atoms in total. The molecule has 0 bridgehead atoms. The van der Waals surface area contributed by atoms with E-state index < -0.39 is 10.0 Å². The first-order valence-electron chi connectivity index (χ1n) is 3.96. The van der Waals surface area contributed by atoms with Crippen molar-refractivity contribution in [2.24, 2.45) is 0 Å². The summed E-state index contributed by atoms with van der Waals surface area (Å²) in [6.45, 7) is 0.0820. The molecule has 0 fully saturated rings. The summed E-state index contributed by atoms with van der Waals surface area (Å²) in [6, 6.07) is 6.51. The summed E-state index contributed by atoms with van der Waals surface area (Å²) in [5.41, 5.74) is 0. The molecule has 1 rings (SSSR count). The van der Waals surface area contributed by atoms with Gasteiger partial charge >= 0.3 is 0 Å². The fourth-order valence-electron chi connectivity index (χ4n) is 0.837. The minimum Gasteiger partial charge on any atom is -0.209 e. The fraction of sp³-hybridized carbons (Fsp3) is 0.250. The molecule has 1 aromatic rings. The largest absolute Gasteiger partial charge is 0.250 e. The van der Waals surface area contributed by atoms with E-state index in [1.54, 1.807) is 0 Å². The minimum atomic E-state index is -3.56. The highest BCUT2D eigenvalue weighted by Gasteiger charge is 2.15. The smallest absolute Gasteiger partial charge is 0.209 e. The first-order valence-corrected chi connectivity index (χ1v) is 6.26. The first-order chi connectivity index (χ1) is 7.10. The Labute approximate surface area is 91.6 Å². The first kappa shape index (κ1) is 11.7. The van der Waals surface area contributed by atoms with Crippen molar-refractivity contribution in [3.8, 4) is 12.1 Å². The molecule has 0 saturated carbocycles. The van der Waals surface area contributed by atoms with Gasteiger partial charge in [0.05, 0.1) is 6.07 Å². The minimum absolute atomic E-state index is 0.0820. The number of nitrogens with zero attached hydrogens (tertiary/aromatic N) is 2. The van der Waals surface area contributed by atoms with Gasteiger partial charge in [-0.15, -0.1) is 11.3 Å². The number of sulfonamides is 1. The van der Waals surface area contributed by atoms with E-state index in [2.05, 4.69) is 4.72 Å². The number of nitriles is 2. The van der Waals surface area contributed by atoms with Gasteiger partial charge in [0.15, 0.2) is 0 Å². The second-order valence-corrected chi connectivity index (χ2v) is 5.61. The summed E-state index contributed by atoms with van der Waals surface area (Å²) in [7, 11) is -3.56. The van der Waals surface area contributed by atoms with Crippen LogP contribution in [0.1, 0.15) is 11.3 Å². The van der Waals surface area contributed by atoms with Gasteiger partial charge in [-0.3, -0.25) is 0 Å². The molecule has 0 aliphatic carbocycles. The van der Waals surface area contributed by atoms with Crippen LogP contribution >= 0.6 is 11.3 Å². The van der Waals surface area contributed by atoms with Crippen molar-refractivity contribution in [3.05, 3.63) is 17.0 Å². The van der Waals surface area contributed by atoms with Crippen LogP contribution in [0.15, 0.2) is 16.3 Å². The summed E-state index contributed by atoms with van der Waals surface area (Å²) in [5.74, 6) is 0. The molecular weight excluding hydrogens is 234 g/mol. The number of hydrogen-bond donors (Lipinski definition) is 1. The molecular formula is C8H7N3O2S2. The van der Waals surface area contributed by atoms with Gasteiger partial charge in [-0.1, -0.05) is 0 Å². The Kier molecular flexibility index (Phi) is 3.81. The van der Waals surface area contributed by atoms with Crippen LogP contribution in [0, 0.1) is 22.7 Å². The predicted octanol–water partition coefficient (Wildman–Crippen LogP) is 0.812. The molecule has 7 heteroatoms. The zero-order chi connectivity index (χ0) is 11.3. The van der Waals surface area contributed by atoms with Crippen molar-refractivity contribution in [1.29, 1.82) is 10.5 Å². The third kappa shape index (κ3) is 3.03. The Hall–Kier alpha value is -1.41. The SMILES string of the molecule is N#CCCNS(=O)(=O)c1ccc(C#N)s1. The van der Waals surface area contributed by atoms with E-state index in [9.17, 15) is 8.42 Å². The lowest BCUT2D eigenvalue weighted by atomic mass is 10.5. The number of hydrogen-bond acceptors (Lipinski definition) is 5. The quantitative estimate of drug-likeness (QED) is 0.789. The van der Waals surface area contributed by atoms with Crippen LogP contribution in [0.2, 0.25) is 0 Å². The van der Waals surface area contributed by atoms with Crippen molar-refractivity contribution in [3.63, 3.8) is 0 Å². The monoisotopic (exact) mass is 241 g/mol. The van der Waals surface area contributed by atoms with Crippen LogP contribution in [0.25, 0.3) is 0 Å². The summed E-state index contributed by atoms with van der Waals surface area (Å²) in [4.78, 5) is 0.343. The Balaban J connectivity index is 2.79. The summed E-state index contributed by atoms with van der Waals surface area (Å²) in [6.07, 6.45) is 0.121. The van der Waals surface area contributed by atoms with Crippen LogP contribution in [0.5, 0.6) is 0 Å². The van der Waals surface area contributed by atoms with E-state index in [0.29, 0.717) is 4.88 Å². The average molecular weight is 241 g/mol. The third-order valence-electron chi connectivity index (χ3n) is 1.49. The number of rotatable bonds is 4. The Bertz CT molecular complexity index is 519. The molecule has 1 aromatic heterocycles. The van der Waals surface area contributed by atoms with Crippen LogP contribution in [0.3, 0.4) is 0 Å².